The topological polar surface area (TPSA) is 656 Å². The molecule has 15 atom stereocenters. The highest BCUT2D eigenvalue weighted by atomic mass is 32.2. The van der Waals surface area contributed by atoms with Crippen molar-refractivity contribution in [3.8, 4) is 5.75 Å². The number of primary amides is 1. The fourth-order valence-corrected chi connectivity index (χ4v) is 17.6. The lowest BCUT2D eigenvalue weighted by Crippen LogP contribution is -2.62. The Bertz CT molecular complexity index is 5250. The molecule has 3 aliphatic heterocycles. The first-order chi connectivity index (χ1) is 64.8. The van der Waals surface area contributed by atoms with E-state index in [1.807, 2.05) is 13.8 Å². The van der Waals surface area contributed by atoms with Gasteiger partial charge in [0.25, 0.3) is 0 Å². The zero-order valence-corrected chi connectivity index (χ0v) is 78.2. The molecule has 44 nitrogen and oxygen atoms in total. The van der Waals surface area contributed by atoms with Crippen molar-refractivity contribution in [3.05, 3.63) is 120 Å². The van der Waals surface area contributed by atoms with Crippen LogP contribution in [0.4, 0.5) is 0 Å². The van der Waals surface area contributed by atoms with Gasteiger partial charge >= 0.3 is 5.97 Å². The minimum atomic E-state index is -1.90. The molecule has 23 N–H and O–H groups in total. The van der Waals surface area contributed by atoms with Gasteiger partial charge < -0.3 is 130 Å². The number of phenolic OH excluding ortho intramolecular Hbond substituents is 1. The fourth-order valence-electron chi connectivity index (χ4n) is 16.8. The highest BCUT2D eigenvalue weighted by molar-refractivity contribution is 8.00. The number of unbranched alkanes of at least 4 members (excludes halogenated alkanes) is 2. The number of guanidine groups is 1. The predicted molar refractivity (Wildman–Crippen MR) is 498 cm³/mol. The summed E-state index contributed by atoms with van der Waals surface area (Å²) >= 11 is 0.729. The second kappa shape index (κ2) is 50.6. The molecule has 3 saturated heterocycles. The van der Waals surface area contributed by atoms with Gasteiger partial charge in [0.2, 0.25) is 94.5 Å². The number of hydrogen-bond acceptors (Lipinski definition) is 23. The molecule has 0 aliphatic carbocycles. The Kier molecular flexibility index (Phi) is 39.4. The molecule has 0 unspecified atom stereocenters. The number of carbonyl (C=O) groups excluding carboxylic acids is 16. The van der Waals surface area contributed by atoms with Crippen molar-refractivity contribution in [1.82, 2.24) is 103 Å². The molecule has 0 radical (unpaired) electrons. The smallest absolute Gasteiger partial charge is 0.322 e. The number of aliphatic hydroxyl groups excluding tert-OH is 2. The number of aromatic hydroxyl groups is 1. The van der Waals surface area contributed by atoms with E-state index in [9.17, 15) is 63.6 Å². The molecule has 45 heteroatoms. The van der Waals surface area contributed by atoms with Crippen LogP contribution in [-0.4, -0.2) is 327 Å². The first-order valence-corrected chi connectivity index (χ1v) is 46.7. The monoisotopic (exact) mass is 1910 g/mol. The van der Waals surface area contributed by atoms with Gasteiger partial charge in [-0.3, -0.25) is 86.9 Å². The first-order valence-electron chi connectivity index (χ1n) is 45.5. The van der Waals surface area contributed by atoms with Gasteiger partial charge in [-0.15, -0.1) is 11.8 Å². The summed E-state index contributed by atoms with van der Waals surface area (Å²) in [5.74, 6) is -18.9. The molecule has 738 valence electrons. The highest BCUT2D eigenvalue weighted by Crippen LogP contribution is 2.28. The fraction of sp³-hybridized carbons (Fsp3) is 0.527. The molecule has 6 aromatic rings. The molecule has 3 aromatic carbocycles. The van der Waals surface area contributed by atoms with Crippen molar-refractivity contribution in [2.75, 3.05) is 65.4 Å². The van der Waals surface area contributed by atoms with Crippen molar-refractivity contribution in [1.29, 1.82) is 5.41 Å². The summed E-state index contributed by atoms with van der Waals surface area (Å²) in [5.41, 5.74) is 14.3. The van der Waals surface area contributed by atoms with Gasteiger partial charge in [-0.25, -0.2) is 4.98 Å². The SMILES string of the molecule is CCCC[C@H]1C(=O)N(C)[C@@H](CCCC)C(=O)N[C@@H](CCCNC(=N)N)C(=O)N[C@H](C(=O)NCC(=O)O)CSCC(=O)N[C@@H](Cc2ccc(O)cc2)C(=O)N(C)[C@@H](C)C(=O)N[C@@H](CC(N)=O)C(=O)N2CCC[C@H]2C(=O)N[C@@H](Cc2cnc[nH]2)C(=O)N[C@@H](CC(C)C)C(=O)N2C[C@H](O)C[C@H]2C(=O)N[C@@H](Cc2c[nH]c3ccccc23)C(=O)N[C@@H](CO)C(=O)N[C@@H](Cc2c[nH]c3ccccc23)C(=O)N1C. The van der Waals surface area contributed by atoms with E-state index >= 15 is 38.4 Å². The number of carbonyl (C=O) groups is 17. The number of aromatic amines is 3. The van der Waals surface area contributed by atoms with Crippen LogP contribution in [0.5, 0.6) is 5.75 Å². The third-order valence-electron chi connectivity index (χ3n) is 24.3. The molecule has 3 aliphatic rings. The Morgan fingerprint density at radius 2 is 1.10 bits per heavy atom. The Morgan fingerprint density at radius 1 is 0.566 bits per heavy atom. The van der Waals surface area contributed by atoms with E-state index in [-0.39, 0.29) is 95.4 Å². The summed E-state index contributed by atoms with van der Waals surface area (Å²) in [5, 5.41) is 80.6. The molecular weight excluding hydrogens is 1780 g/mol. The van der Waals surface area contributed by atoms with Crippen LogP contribution in [0.15, 0.2) is 97.7 Å². The number of phenols is 1. The summed E-state index contributed by atoms with van der Waals surface area (Å²) < 4.78 is 0. The van der Waals surface area contributed by atoms with E-state index in [2.05, 4.69) is 78.4 Å². The molecule has 0 bridgehead atoms. The van der Waals surface area contributed by atoms with Gasteiger partial charge in [0.05, 0.1) is 31.2 Å². The molecule has 0 spiro atoms. The van der Waals surface area contributed by atoms with E-state index in [0.717, 1.165) is 36.3 Å². The van der Waals surface area contributed by atoms with Gasteiger partial charge in [-0.05, 0) is 98.7 Å². The number of aromatic nitrogens is 4. The number of fused-ring (bicyclic) bond motifs is 4. The van der Waals surface area contributed by atoms with E-state index in [1.165, 1.54) is 64.9 Å². The number of hydrogen-bond donors (Lipinski definition) is 21. The predicted octanol–water partition coefficient (Wildman–Crippen LogP) is -2.33. The van der Waals surface area contributed by atoms with Gasteiger partial charge in [0, 0.05) is 125 Å². The van der Waals surface area contributed by atoms with Gasteiger partial charge in [-0.2, -0.15) is 0 Å². The minimum absolute atomic E-state index is 0.0161. The third kappa shape index (κ3) is 29.4. The number of benzene rings is 3. The highest BCUT2D eigenvalue weighted by Gasteiger charge is 2.47. The number of nitrogens with zero attached hydrogens (tertiary/aromatic N) is 6. The standard InChI is InChI=1S/C91H127N23O21S/c1-9-11-24-70-83(128)102-61(23-17-31-96-91(93)94)79(124)109-69(78(123)99-43-76(120)121)46-136-47-75(119)101-65(34-51-27-29-55(116)30-28-51)86(131)110(6)50(5)77(122)105-67(39-74(92)118)88(133)113-32-18-26-71(113)84(129)104-63(37-54-42-95-48-100-54)81(126)106-64(33-49(3)4)89(134)114-44-56(117)38-73(114)85(130)103-62(35-52-40-97-59-21-15-13-19-57(52)59)80(125)108-68(45-115)82(127)107-66(36-53-41-98-60-22-16-14-20-58(53)60)87(132)112(8)72(25-12-10-2)90(135)111(70)7/h13-16,19-22,27-30,40-42,48-50,56,61-73,97-98,115-117H,9-12,17-18,23-26,31-39,43-47H2,1-8H3,(H2,92,118)(H,95,100)(H,99,123)(H,101,119)(H,102,128)(H,103,130)(H,104,129)(H,105,122)(H,106,126)(H,107,127)(H,108,125)(H,109,124)(H,120,121)(H4,93,94,96)/t50-,56+,61-,62-,63-,64-,65-,66-,67-,68-,69-,70-,71-,72-,73-/m0/s1. The van der Waals surface area contributed by atoms with Crippen LogP contribution in [-0.2, 0) is 107 Å². The number of amides is 16. The number of H-pyrrole nitrogens is 3. The van der Waals surface area contributed by atoms with Crippen molar-refractivity contribution in [3.63, 3.8) is 0 Å². The minimum Gasteiger partial charge on any atom is -0.508 e. The summed E-state index contributed by atoms with van der Waals surface area (Å²) in [7, 11) is 3.87. The lowest BCUT2D eigenvalue weighted by atomic mass is 10.00. The third-order valence-corrected chi connectivity index (χ3v) is 25.3. The maximum Gasteiger partial charge on any atom is 0.322 e. The van der Waals surface area contributed by atoms with Crippen molar-refractivity contribution in [2.24, 2.45) is 17.4 Å². The normalized spacial score (nSPS) is 24.7. The van der Waals surface area contributed by atoms with Gasteiger partial charge in [0.1, 0.15) is 96.9 Å². The van der Waals surface area contributed by atoms with E-state index in [0.29, 0.717) is 69.9 Å². The second-order valence-electron chi connectivity index (χ2n) is 34.9. The van der Waals surface area contributed by atoms with E-state index in [1.54, 1.807) is 74.8 Å². The maximum absolute atomic E-state index is 15.8. The zero-order chi connectivity index (χ0) is 99.3. The first kappa shape index (κ1) is 106. The number of aliphatic carboxylic acids is 1. The molecule has 136 heavy (non-hydrogen) atoms. The Morgan fingerprint density at radius 3 is 1.70 bits per heavy atom. The van der Waals surface area contributed by atoms with Crippen LogP contribution >= 0.6 is 11.8 Å². The number of aliphatic hydroxyl groups is 2. The van der Waals surface area contributed by atoms with Gasteiger partial charge in [-0.1, -0.05) is 102 Å². The van der Waals surface area contributed by atoms with Crippen LogP contribution in [0.3, 0.4) is 0 Å². The zero-order valence-electron chi connectivity index (χ0n) is 77.4. The van der Waals surface area contributed by atoms with Crippen molar-refractivity contribution >= 4 is 140 Å². The number of rotatable bonds is 26. The number of imidazole rings is 1. The van der Waals surface area contributed by atoms with Gasteiger partial charge in [0.15, 0.2) is 5.96 Å². The molecule has 16 amide bonds. The Labute approximate surface area is 789 Å². The summed E-state index contributed by atoms with van der Waals surface area (Å²) in [4.78, 5) is 269. The lowest BCUT2D eigenvalue weighted by molar-refractivity contribution is -0.149. The van der Waals surface area contributed by atoms with Crippen LogP contribution in [0.1, 0.15) is 140 Å². The number of para-hydroxylation sites is 2. The summed E-state index contributed by atoms with van der Waals surface area (Å²) in [6, 6.07) is -2.51. The van der Waals surface area contributed by atoms with Crippen molar-refractivity contribution < 1.29 is 102 Å². The Hall–Kier alpha value is -13.7. The molecular formula is C91H127N23O21S. The lowest BCUT2D eigenvalue weighted by Gasteiger charge is -2.36. The van der Waals surface area contributed by atoms with Crippen LogP contribution in [0.25, 0.3) is 21.8 Å². The second-order valence-corrected chi connectivity index (χ2v) is 35.9. The average molecular weight is 1910 g/mol. The van der Waals surface area contributed by atoms with E-state index < -0.39 is 241 Å². The Balaban J connectivity index is 1.10. The number of carboxylic acids is 1. The van der Waals surface area contributed by atoms with Crippen LogP contribution in [0, 0.1) is 11.3 Å². The van der Waals surface area contributed by atoms with Crippen molar-refractivity contribution in [2.45, 2.75) is 234 Å². The molecule has 9 rings (SSSR count). The molecule has 3 aromatic heterocycles. The van der Waals surface area contributed by atoms with E-state index in [4.69, 9.17) is 16.9 Å². The number of nitrogens with one attached hydrogen (secondary N) is 15. The summed E-state index contributed by atoms with van der Waals surface area (Å²) in [6.07, 6.45) is 3.49. The number of carboxylic acid groups (broad SMARTS) is 1. The quantitative estimate of drug-likeness (QED) is 0.0154. The van der Waals surface area contributed by atoms with Crippen LogP contribution in [0.2, 0.25) is 0 Å². The molecule has 6 heterocycles. The number of thioether (sulfide) groups is 1. The maximum atomic E-state index is 15.8. The van der Waals surface area contributed by atoms with Crippen LogP contribution < -0.4 is 70.0 Å². The molecule has 0 saturated carbocycles. The average Bonchev–Trinajstić information content (AvgIpc) is 1.53. The largest absolute Gasteiger partial charge is 0.508 e. The summed E-state index contributed by atoms with van der Waals surface area (Å²) in [6.45, 7) is 5.73. The molecule has 3 fully saturated rings. The number of nitrogens with two attached hydrogens (primary N) is 2. The number of likely N-dealkylation sites (N-methyl/N-ethyl adjacent to an activating group) is 3.